The van der Waals surface area contributed by atoms with Gasteiger partial charge in [0.25, 0.3) is 5.91 Å². The number of aliphatic hydroxyl groups excluding tert-OH is 1. The van der Waals surface area contributed by atoms with Crippen molar-refractivity contribution in [2.45, 2.75) is 13.0 Å². The van der Waals surface area contributed by atoms with Gasteiger partial charge in [-0.05, 0) is 31.2 Å². The summed E-state index contributed by atoms with van der Waals surface area (Å²) in [6.45, 7) is 1.64. The zero-order valence-corrected chi connectivity index (χ0v) is 8.77. The minimum Gasteiger partial charge on any atom is -0.394 e. The van der Waals surface area contributed by atoms with E-state index in [-0.39, 0.29) is 24.4 Å². The van der Waals surface area contributed by atoms with Crippen LogP contribution in [0.15, 0.2) is 24.3 Å². The molecular weight excluding hydrogens is 197 g/mol. The van der Waals surface area contributed by atoms with E-state index in [4.69, 9.17) is 5.11 Å². The molecule has 1 amide bonds. The van der Waals surface area contributed by atoms with E-state index in [1.54, 1.807) is 14.0 Å². The topological polar surface area (TPSA) is 40.5 Å². The second-order valence-corrected chi connectivity index (χ2v) is 3.45. The molecule has 1 N–H and O–H groups in total. The Kier molecular flexibility index (Phi) is 3.80. The molecule has 1 rings (SSSR count). The summed E-state index contributed by atoms with van der Waals surface area (Å²) in [7, 11) is 1.60. The number of benzene rings is 1. The molecule has 0 saturated carbocycles. The number of hydrogen-bond acceptors (Lipinski definition) is 2. The monoisotopic (exact) mass is 211 g/mol. The highest BCUT2D eigenvalue weighted by Gasteiger charge is 2.16. The fraction of sp³-hybridized carbons (Fsp3) is 0.364. The third-order valence-corrected chi connectivity index (χ3v) is 2.34. The summed E-state index contributed by atoms with van der Waals surface area (Å²) < 4.78 is 12.6. The fourth-order valence-corrected chi connectivity index (χ4v) is 1.12. The van der Waals surface area contributed by atoms with Crippen LogP contribution in [0.4, 0.5) is 4.39 Å². The second kappa shape index (κ2) is 4.89. The number of halogens is 1. The van der Waals surface area contributed by atoms with Crippen molar-refractivity contribution >= 4 is 5.91 Å². The summed E-state index contributed by atoms with van der Waals surface area (Å²) in [4.78, 5) is 13.2. The van der Waals surface area contributed by atoms with Gasteiger partial charge in [0.2, 0.25) is 0 Å². The average Bonchev–Trinajstić information content (AvgIpc) is 2.27. The molecule has 15 heavy (non-hydrogen) atoms. The first kappa shape index (κ1) is 11.7. The summed E-state index contributed by atoms with van der Waals surface area (Å²) in [5, 5.41) is 8.89. The van der Waals surface area contributed by atoms with E-state index in [1.165, 1.54) is 29.2 Å². The molecule has 0 spiro atoms. The van der Waals surface area contributed by atoms with Gasteiger partial charge in [-0.3, -0.25) is 4.79 Å². The fourth-order valence-electron chi connectivity index (χ4n) is 1.12. The van der Waals surface area contributed by atoms with Crippen LogP contribution in [-0.2, 0) is 0 Å². The first-order chi connectivity index (χ1) is 7.06. The van der Waals surface area contributed by atoms with Gasteiger partial charge in [-0.2, -0.15) is 0 Å². The van der Waals surface area contributed by atoms with Crippen molar-refractivity contribution in [2.24, 2.45) is 0 Å². The number of carbonyl (C=O) groups is 1. The average molecular weight is 211 g/mol. The molecule has 0 radical (unpaired) electrons. The highest BCUT2D eigenvalue weighted by atomic mass is 19.1. The molecule has 3 nitrogen and oxygen atoms in total. The molecule has 1 atom stereocenters. The van der Waals surface area contributed by atoms with E-state index in [9.17, 15) is 9.18 Å². The Bertz CT molecular complexity index is 337. The molecule has 1 aromatic rings. The molecule has 0 aromatic heterocycles. The van der Waals surface area contributed by atoms with Crippen molar-refractivity contribution < 1.29 is 14.3 Å². The van der Waals surface area contributed by atoms with E-state index >= 15 is 0 Å². The lowest BCUT2D eigenvalue weighted by atomic mass is 10.2. The molecule has 0 heterocycles. The van der Waals surface area contributed by atoms with Crippen LogP contribution in [-0.4, -0.2) is 35.6 Å². The number of likely N-dealkylation sites (N-methyl/N-ethyl adjacent to an activating group) is 1. The quantitative estimate of drug-likeness (QED) is 0.818. The van der Waals surface area contributed by atoms with Crippen LogP contribution in [0.2, 0.25) is 0 Å². The zero-order chi connectivity index (χ0) is 11.4. The first-order valence-corrected chi connectivity index (χ1v) is 4.70. The van der Waals surface area contributed by atoms with Gasteiger partial charge in [0.15, 0.2) is 0 Å². The Labute approximate surface area is 88.1 Å². The summed E-state index contributed by atoms with van der Waals surface area (Å²) in [6, 6.07) is 5.09. The molecule has 0 fully saturated rings. The van der Waals surface area contributed by atoms with E-state index in [1.807, 2.05) is 0 Å². The van der Waals surface area contributed by atoms with Gasteiger partial charge in [-0.15, -0.1) is 0 Å². The maximum atomic E-state index is 12.6. The lowest BCUT2D eigenvalue weighted by Crippen LogP contribution is -2.37. The minimum absolute atomic E-state index is 0.0938. The van der Waals surface area contributed by atoms with Crippen LogP contribution >= 0.6 is 0 Å². The van der Waals surface area contributed by atoms with Crippen LogP contribution in [0.25, 0.3) is 0 Å². The zero-order valence-electron chi connectivity index (χ0n) is 8.77. The Balaban J connectivity index is 2.80. The van der Waals surface area contributed by atoms with Crippen LogP contribution < -0.4 is 0 Å². The molecule has 0 aliphatic heterocycles. The van der Waals surface area contributed by atoms with Gasteiger partial charge in [0, 0.05) is 12.6 Å². The van der Waals surface area contributed by atoms with Crippen molar-refractivity contribution in [3.8, 4) is 0 Å². The molecule has 1 aromatic carbocycles. The van der Waals surface area contributed by atoms with Gasteiger partial charge in [0.05, 0.1) is 12.6 Å². The van der Waals surface area contributed by atoms with Crippen LogP contribution in [0.5, 0.6) is 0 Å². The number of rotatable bonds is 3. The van der Waals surface area contributed by atoms with Crippen molar-refractivity contribution in [2.75, 3.05) is 13.7 Å². The molecule has 0 saturated heterocycles. The third kappa shape index (κ3) is 2.76. The molecular formula is C11H14FNO2. The van der Waals surface area contributed by atoms with Crippen molar-refractivity contribution in [1.29, 1.82) is 0 Å². The molecule has 0 aliphatic carbocycles. The number of hydrogen-bond donors (Lipinski definition) is 1. The van der Waals surface area contributed by atoms with E-state index < -0.39 is 0 Å². The van der Waals surface area contributed by atoms with Gasteiger partial charge < -0.3 is 10.0 Å². The summed E-state index contributed by atoms with van der Waals surface area (Å²) in [6.07, 6.45) is 0. The van der Waals surface area contributed by atoms with Gasteiger partial charge in [-0.1, -0.05) is 0 Å². The number of nitrogens with zero attached hydrogens (tertiary/aromatic N) is 1. The Morgan fingerprint density at radius 2 is 2.00 bits per heavy atom. The number of aliphatic hydroxyl groups is 1. The molecule has 4 heteroatoms. The van der Waals surface area contributed by atoms with Crippen molar-refractivity contribution in [3.63, 3.8) is 0 Å². The minimum atomic E-state index is -0.371. The second-order valence-electron chi connectivity index (χ2n) is 3.45. The Hall–Kier alpha value is -1.42. The highest BCUT2D eigenvalue weighted by Crippen LogP contribution is 2.07. The highest BCUT2D eigenvalue weighted by molar-refractivity contribution is 5.94. The van der Waals surface area contributed by atoms with Crippen molar-refractivity contribution in [1.82, 2.24) is 4.90 Å². The predicted octanol–water partition coefficient (Wildman–Crippen LogP) is 1.28. The number of amides is 1. The van der Waals surface area contributed by atoms with E-state index in [2.05, 4.69) is 0 Å². The first-order valence-electron chi connectivity index (χ1n) is 4.70. The van der Waals surface area contributed by atoms with Crippen molar-refractivity contribution in [3.05, 3.63) is 35.6 Å². The molecule has 1 unspecified atom stereocenters. The maximum Gasteiger partial charge on any atom is 0.253 e. The van der Waals surface area contributed by atoms with Gasteiger partial charge in [-0.25, -0.2) is 4.39 Å². The van der Waals surface area contributed by atoms with Crippen LogP contribution in [0, 0.1) is 5.82 Å². The van der Waals surface area contributed by atoms with E-state index in [0.29, 0.717) is 5.56 Å². The third-order valence-electron chi connectivity index (χ3n) is 2.34. The molecule has 82 valence electrons. The Morgan fingerprint density at radius 3 is 2.47 bits per heavy atom. The SMILES string of the molecule is CC(CO)N(C)C(=O)c1ccc(F)cc1. The normalized spacial score (nSPS) is 12.3. The summed E-state index contributed by atoms with van der Waals surface area (Å²) >= 11 is 0. The van der Waals surface area contributed by atoms with Gasteiger partial charge in [0.1, 0.15) is 5.82 Å². The van der Waals surface area contributed by atoms with Crippen LogP contribution in [0.3, 0.4) is 0 Å². The van der Waals surface area contributed by atoms with Crippen LogP contribution in [0.1, 0.15) is 17.3 Å². The number of carbonyl (C=O) groups excluding carboxylic acids is 1. The van der Waals surface area contributed by atoms with E-state index in [0.717, 1.165) is 0 Å². The standard InChI is InChI=1S/C11H14FNO2/c1-8(7-14)13(2)11(15)9-3-5-10(12)6-4-9/h3-6,8,14H,7H2,1-2H3. The Morgan fingerprint density at radius 1 is 1.47 bits per heavy atom. The predicted molar refractivity (Wildman–Crippen MR) is 55.0 cm³/mol. The molecule has 0 aliphatic rings. The summed E-state index contributed by atoms with van der Waals surface area (Å²) in [5.74, 6) is -0.596. The largest absolute Gasteiger partial charge is 0.394 e. The summed E-state index contributed by atoms with van der Waals surface area (Å²) in [5.41, 5.74) is 0.416. The smallest absolute Gasteiger partial charge is 0.253 e. The van der Waals surface area contributed by atoms with Gasteiger partial charge >= 0.3 is 0 Å². The maximum absolute atomic E-state index is 12.6. The molecule has 0 bridgehead atoms. The lowest BCUT2D eigenvalue weighted by Gasteiger charge is -2.23. The lowest BCUT2D eigenvalue weighted by molar-refractivity contribution is 0.0682.